The Hall–Kier alpha value is -0.340. The van der Waals surface area contributed by atoms with E-state index in [0.29, 0.717) is 6.04 Å². The van der Waals surface area contributed by atoms with E-state index in [0.717, 1.165) is 20.4 Å². The molecule has 2 aromatic rings. The van der Waals surface area contributed by atoms with Crippen molar-refractivity contribution in [3.05, 3.63) is 45.1 Å². The summed E-state index contributed by atoms with van der Waals surface area (Å²) in [6, 6.07) is 8.59. The number of nitrogens with two attached hydrogens (primary N) is 1. The van der Waals surface area contributed by atoms with Crippen LogP contribution in [0.15, 0.2) is 44.3 Å². The molecule has 0 aliphatic heterocycles. The van der Waals surface area contributed by atoms with Crippen LogP contribution in [0.3, 0.4) is 0 Å². The first-order valence-corrected chi connectivity index (χ1v) is 9.17. The minimum absolute atomic E-state index is 0.0259. The van der Waals surface area contributed by atoms with Crippen molar-refractivity contribution in [2.45, 2.75) is 30.8 Å². The van der Waals surface area contributed by atoms with Gasteiger partial charge in [-0.2, -0.15) is 5.10 Å². The molecule has 0 bridgehead atoms. The van der Waals surface area contributed by atoms with Crippen LogP contribution in [0.5, 0.6) is 0 Å². The van der Waals surface area contributed by atoms with Gasteiger partial charge < -0.3 is 0 Å². The smallest absolute Gasteiger partial charge is 0.0734 e. The lowest BCUT2D eigenvalue weighted by atomic mass is 10.2. The lowest BCUT2D eigenvalue weighted by Crippen LogP contribution is -2.32. The van der Waals surface area contributed by atoms with E-state index in [4.69, 9.17) is 5.84 Å². The molecule has 0 saturated heterocycles. The van der Waals surface area contributed by atoms with E-state index in [9.17, 15) is 0 Å². The van der Waals surface area contributed by atoms with Crippen molar-refractivity contribution in [3.63, 3.8) is 0 Å². The Morgan fingerprint density at radius 1 is 1.29 bits per heavy atom. The Morgan fingerprint density at radius 3 is 2.52 bits per heavy atom. The highest BCUT2D eigenvalue weighted by atomic mass is 79.9. The SMILES string of the molecule is CC(C)n1ncc(Br)c1C(CSc1ccc(Br)cc1)NN. The summed E-state index contributed by atoms with van der Waals surface area (Å²) in [4.78, 5) is 1.21. The van der Waals surface area contributed by atoms with Gasteiger partial charge in [0.25, 0.3) is 0 Å². The largest absolute Gasteiger partial charge is 0.271 e. The average Bonchev–Trinajstić information content (AvgIpc) is 2.84. The van der Waals surface area contributed by atoms with Crippen LogP contribution in [0.1, 0.15) is 31.6 Å². The van der Waals surface area contributed by atoms with E-state index in [1.54, 1.807) is 11.8 Å². The number of hydrogen-bond acceptors (Lipinski definition) is 4. The zero-order valence-electron chi connectivity index (χ0n) is 11.9. The van der Waals surface area contributed by atoms with Crippen LogP contribution in [0.25, 0.3) is 0 Å². The number of nitrogens with one attached hydrogen (secondary N) is 1. The second-order valence-electron chi connectivity index (χ2n) is 4.90. The number of aromatic nitrogens is 2. The zero-order chi connectivity index (χ0) is 15.4. The van der Waals surface area contributed by atoms with Crippen molar-refractivity contribution >= 4 is 43.6 Å². The molecule has 7 heteroatoms. The van der Waals surface area contributed by atoms with Gasteiger partial charge in [0.15, 0.2) is 0 Å². The molecule has 2 rings (SSSR count). The van der Waals surface area contributed by atoms with Crippen LogP contribution in [0.4, 0.5) is 0 Å². The number of nitrogens with zero attached hydrogens (tertiary/aromatic N) is 2. The zero-order valence-corrected chi connectivity index (χ0v) is 15.9. The number of halogens is 2. The van der Waals surface area contributed by atoms with Crippen LogP contribution < -0.4 is 11.3 Å². The number of hydrazine groups is 1. The van der Waals surface area contributed by atoms with Crippen molar-refractivity contribution in [1.82, 2.24) is 15.2 Å². The predicted molar refractivity (Wildman–Crippen MR) is 95.2 cm³/mol. The van der Waals surface area contributed by atoms with Gasteiger partial charge in [-0.25, -0.2) is 0 Å². The third-order valence-corrected chi connectivity index (χ3v) is 5.28. The third-order valence-electron chi connectivity index (χ3n) is 3.04. The molecule has 0 saturated carbocycles. The highest BCUT2D eigenvalue weighted by molar-refractivity contribution is 9.10. The number of benzene rings is 1. The molecule has 21 heavy (non-hydrogen) atoms. The van der Waals surface area contributed by atoms with Crippen molar-refractivity contribution < 1.29 is 0 Å². The molecule has 0 spiro atoms. The van der Waals surface area contributed by atoms with Gasteiger partial charge in [0, 0.05) is 21.2 Å². The van der Waals surface area contributed by atoms with Crippen LogP contribution in [-0.4, -0.2) is 15.5 Å². The van der Waals surface area contributed by atoms with Gasteiger partial charge in [-0.1, -0.05) is 15.9 Å². The van der Waals surface area contributed by atoms with Gasteiger partial charge >= 0.3 is 0 Å². The fraction of sp³-hybridized carbons (Fsp3) is 0.357. The first-order chi connectivity index (χ1) is 10.0. The maximum absolute atomic E-state index is 5.76. The Morgan fingerprint density at radius 2 is 1.95 bits per heavy atom. The highest BCUT2D eigenvalue weighted by Gasteiger charge is 2.20. The Bertz CT molecular complexity index is 583. The summed E-state index contributed by atoms with van der Waals surface area (Å²) < 4.78 is 4.06. The minimum Gasteiger partial charge on any atom is -0.271 e. The van der Waals surface area contributed by atoms with E-state index >= 15 is 0 Å². The summed E-state index contributed by atoms with van der Waals surface area (Å²) in [6.07, 6.45) is 1.82. The quantitative estimate of drug-likeness (QED) is 0.405. The predicted octanol–water partition coefficient (Wildman–Crippen LogP) is 4.29. The molecular weight excluding hydrogens is 416 g/mol. The molecule has 114 valence electrons. The minimum atomic E-state index is 0.0259. The molecule has 4 nitrogen and oxygen atoms in total. The summed E-state index contributed by atoms with van der Waals surface area (Å²) >= 11 is 8.78. The highest BCUT2D eigenvalue weighted by Crippen LogP contribution is 2.30. The molecule has 0 fully saturated rings. The van der Waals surface area contributed by atoms with Gasteiger partial charge in [0.05, 0.1) is 22.4 Å². The monoisotopic (exact) mass is 432 g/mol. The van der Waals surface area contributed by atoms with Crippen LogP contribution in [-0.2, 0) is 0 Å². The standard InChI is InChI=1S/C14H18Br2N4S/c1-9(2)20-14(12(16)7-18-20)13(19-17)8-21-11-5-3-10(15)4-6-11/h3-7,9,13,19H,8,17H2,1-2H3. The first kappa shape index (κ1) is 17.0. The second-order valence-corrected chi connectivity index (χ2v) is 7.76. The summed E-state index contributed by atoms with van der Waals surface area (Å²) in [7, 11) is 0. The molecule has 1 aromatic carbocycles. The molecule has 3 N–H and O–H groups in total. The van der Waals surface area contributed by atoms with Crippen molar-refractivity contribution in [3.8, 4) is 0 Å². The Labute approximate surface area is 146 Å². The van der Waals surface area contributed by atoms with E-state index in [2.05, 4.69) is 68.4 Å². The normalized spacial score (nSPS) is 12.9. The topological polar surface area (TPSA) is 55.9 Å². The molecule has 1 aromatic heterocycles. The van der Waals surface area contributed by atoms with Crippen LogP contribution >= 0.6 is 43.6 Å². The molecule has 0 radical (unpaired) electrons. The van der Waals surface area contributed by atoms with Gasteiger partial charge in [0.1, 0.15) is 0 Å². The van der Waals surface area contributed by atoms with Crippen LogP contribution in [0.2, 0.25) is 0 Å². The average molecular weight is 434 g/mol. The fourth-order valence-corrected chi connectivity index (χ4v) is 3.76. The van der Waals surface area contributed by atoms with Gasteiger partial charge in [0.2, 0.25) is 0 Å². The van der Waals surface area contributed by atoms with Gasteiger partial charge in [-0.15, -0.1) is 11.8 Å². The first-order valence-electron chi connectivity index (χ1n) is 6.60. The Balaban J connectivity index is 2.13. The number of hydrogen-bond donors (Lipinski definition) is 2. The summed E-state index contributed by atoms with van der Waals surface area (Å²) in [5.41, 5.74) is 3.98. The molecule has 0 amide bonds. The molecule has 1 atom stereocenters. The van der Waals surface area contributed by atoms with Crippen LogP contribution in [0, 0.1) is 0 Å². The fourth-order valence-electron chi connectivity index (χ4n) is 2.00. The van der Waals surface area contributed by atoms with E-state index in [1.807, 2.05) is 23.0 Å². The summed E-state index contributed by atoms with van der Waals surface area (Å²) in [5.74, 6) is 6.59. The summed E-state index contributed by atoms with van der Waals surface area (Å²) in [5, 5.41) is 4.41. The lowest BCUT2D eigenvalue weighted by Gasteiger charge is -2.20. The number of thioether (sulfide) groups is 1. The Kier molecular flexibility index (Phi) is 6.31. The number of rotatable bonds is 6. The second kappa shape index (κ2) is 7.78. The van der Waals surface area contributed by atoms with E-state index < -0.39 is 0 Å². The maximum Gasteiger partial charge on any atom is 0.0734 e. The molecular formula is C14H18Br2N4S. The van der Waals surface area contributed by atoms with Crippen molar-refractivity contribution in [1.29, 1.82) is 0 Å². The maximum atomic E-state index is 5.76. The summed E-state index contributed by atoms with van der Waals surface area (Å²) in [6.45, 7) is 4.22. The molecule has 0 aliphatic rings. The van der Waals surface area contributed by atoms with Gasteiger partial charge in [-0.05, 0) is 54.0 Å². The van der Waals surface area contributed by atoms with Crippen molar-refractivity contribution in [2.75, 3.05) is 5.75 Å². The molecule has 1 heterocycles. The molecule has 0 aliphatic carbocycles. The van der Waals surface area contributed by atoms with E-state index in [-0.39, 0.29) is 6.04 Å². The van der Waals surface area contributed by atoms with Crippen molar-refractivity contribution in [2.24, 2.45) is 5.84 Å². The van der Waals surface area contributed by atoms with E-state index in [1.165, 1.54) is 4.90 Å². The molecule has 1 unspecified atom stereocenters. The van der Waals surface area contributed by atoms with Gasteiger partial charge in [-0.3, -0.25) is 16.0 Å². The lowest BCUT2D eigenvalue weighted by molar-refractivity contribution is 0.467. The third kappa shape index (κ3) is 4.32.